The summed E-state index contributed by atoms with van der Waals surface area (Å²) in [6.07, 6.45) is 1.13. The Morgan fingerprint density at radius 1 is 1.44 bits per heavy atom. The lowest BCUT2D eigenvalue weighted by Gasteiger charge is -2.32. The molecule has 0 aromatic heterocycles. The average molecular weight is 215 g/mol. The first-order chi connectivity index (χ1) is 7.84. The highest BCUT2D eigenvalue weighted by molar-refractivity contribution is 5.82. The summed E-state index contributed by atoms with van der Waals surface area (Å²) in [7, 11) is 0. The maximum atomic E-state index is 4.52. The Bertz CT molecular complexity index is 425. The lowest BCUT2D eigenvalue weighted by molar-refractivity contribution is 0.314. The van der Waals surface area contributed by atoms with E-state index in [-0.39, 0.29) is 0 Å². The van der Waals surface area contributed by atoms with Crippen LogP contribution in [-0.2, 0) is 0 Å². The Morgan fingerprint density at radius 3 is 3.25 bits per heavy atom. The zero-order chi connectivity index (χ0) is 11.0. The number of nitrogens with zero attached hydrogens (tertiary/aromatic N) is 2. The Kier molecular flexibility index (Phi) is 2.31. The van der Waals surface area contributed by atoms with Crippen LogP contribution in [0.3, 0.4) is 0 Å². The van der Waals surface area contributed by atoms with Gasteiger partial charge in [0.15, 0.2) is 5.96 Å². The second-order valence-corrected chi connectivity index (χ2v) is 4.54. The van der Waals surface area contributed by atoms with Gasteiger partial charge in [0.1, 0.15) is 0 Å². The molecule has 1 fully saturated rings. The molecule has 0 amide bonds. The van der Waals surface area contributed by atoms with E-state index in [2.05, 4.69) is 46.4 Å². The number of hydrogen-bond acceptors (Lipinski definition) is 3. The second-order valence-electron chi connectivity index (χ2n) is 4.54. The molecular weight excluding hydrogens is 198 g/mol. The Labute approximate surface area is 96.2 Å². The highest BCUT2D eigenvalue weighted by atomic mass is 15.4. The fourth-order valence-corrected chi connectivity index (χ4v) is 2.62. The van der Waals surface area contributed by atoms with Crippen LogP contribution in [0.2, 0.25) is 0 Å². The second kappa shape index (κ2) is 3.81. The van der Waals surface area contributed by atoms with Gasteiger partial charge >= 0.3 is 0 Å². The van der Waals surface area contributed by atoms with Crippen LogP contribution >= 0.6 is 0 Å². The summed E-state index contributed by atoms with van der Waals surface area (Å²) in [5.41, 5.74) is 2.77. The van der Waals surface area contributed by atoms with Gasteiger partial charge in [0.2, 0.25) is 0 Å². The fourth-order valence-electron chi connectivity index (χ4n) is 2.62. The van der Waals surface area contributed by atoms with Crippen LogP contribution < -0.4 is 5.32 Å². The van der Waals surface area contributed by atoms with Crippen LogP contribution in [0.15, 0.2) is 29.3 Å². The molecule has 0 bridgehead atoms. The van der Waals surface area contributed by atoms with Gasteiger partial charge in [-0.3, -0.25) is 4.99 Å². The first kappa shape index (κ1) is 9.70. The molecular formula is C13H17N3. The smallest absolute Gasteiger partial charge is 0.194 e. The molecule has 1 unspecified atom stereocenters. The topological polar surface area (TPSA) is 27.6 Å². The van der Waals surface area contributed by atoms with Crippen molar-refractivity contribution in [1.82, 2.24) is 10.2 Å². The predicted molar refractivity (Wildman–Crippen MR) is 65.5 cm³/mol. The molecule has 1 N–H and O–H groups in total. The molecule has 3 rings (SSSR count). The molecule has 84 valence electrons. The highest BCUT2D eigenvalue weighted by Gasteiger charge is 2.29. The highest BCUT2D eigenvalue weighted by Crippen LogP contribution is 2.29. The third-order valence-electron chi connectivity index (χ3n) is 3.38. The number of nitrogens with one attached hydrogen (secondary N) is 1. The summed E-state index contributed by atoms with van der Waals surface area (Å²) in [6, 6.07) is 9.36. The van der Waals surface area contributed by atoms with Crippen molar-refractivity contribution in [3.8, 4) is 0 Å². The Balaban J connectivity index is 1.92. The monoisotopic (exact) mass is 215 g/mol. The van der Waals surface area contributed by atoms with E-state index in [0.717, 1.165) is 32.0 Å². The van der Waals surface area contributed by atoms with E-state index in [1.165, 1.54) is 11.1 Å². The third kappa shape index (κ3) is 1.56. The van der Waals surface area contributed by atoms with Crippen molar-refractivity contribution in [3.63, 3.8) is 0 Å². The normalized spacial score (nSPS) is 23.7. The predicted octanol–water partition coefficient (Wildman–Crippen LogP) is 1.70. The zero-order valence-corrected chi connectivity index (χ0v) is 9.61. The van der Waals surface area contributed by atoms with E-state index in [0.29, 0.717) is 6.04 Å². The van der Waals surface area contributed by atoms with Gasteiger partial charge in [-0.1, -0.05) is 29.8 Å². The van der Waals surface area contributed by atoms with Crippen molar-refractivity contribution < 1.29 is 0 Å². The number of aryl methyl sites for hydroxylation is 1. The quantitative estimate of drug-likeness (QED) is 0.772. The molecule has 16 heavy (non-hydrogen) atoms. The fraction of sp³-hybridized carbons (Fsp3) is 0.462. The van der Waals surface area contributed by atoms with Crippen molar-refractivity contribution in [1.29, 1.82) is 0 Å². The van der Waals surface area contributed by atoms with Crippen LogP contribution in [0.1, 0.15) is 23.6 Å². The van der Waals surface area contributed by atoms with Crippen molar-refractivity contribution in [2.75, 3.05) is 19.6 Å². The number of guanidine groups is 1. The van der Waals surface area contributed by atoms with E-state index in [1.54, 1.807) is 0 Å². The minimum Gasteiger partial charge on any atom is -0.354 e. The van der Waals surface area contributed by atoms with Crippen molar-refractivity contribution in [3.05, 3.63) is 35.4 Å². The first-order valence-corrected chi connectivity index (χ1v) is 5.96. The molecule has 0 saturated carbocycles. The summed E-state index contributed by atoms with van der Waals surface area (Å²) < 4.78 is 0. The van der Waals surface area contributed by atoms with Gasteiger partial charge in [-0.25, -0.2) is 0 Å². The number of rotatable bonds is 1. The zero-order valence-electron chi connectivity index (χ0n) is 9.61. The van der Waals surface area contributed by atoms with E-state index in [1.807, 2.05) is 0 Å². The van der Waals surface area contributed by atoms with Gasteiger partial charge in [0, 0.05) is 19.6 Å². The molecule has 0 aliphatic carbocycles. The van der Waals surface area contributed by atoms with Crippen molar-refractivity contribution in [2.24, 2.45) is 4.99 Å². The summed E-state index contributed by atoms with van der Waals surface area (Å²) in [4.78, 5) is 6.92. The maximum absolute atomic E-state index is 4.52. The summed E-state index contributed by atoms with van der Waals surface area (Å²) in [5.74, 6) is 1.10. The van der Waals surface area contributed by atoms with Crippen molar-refractivity contribution in [2.45, 2.75) is 19.4 Å². The molecule has 2 heterocycles. The largest absolute Gasteiger partial charge is 0.354 e. The van der Waals surface area contributed by atoms with Crippen LogP contribution in [0, 0.1) is 6.92 Å². The Hall–Kier alpha value is -1.51. The van der Waals surface area contributed by atoms with E-state index < -0.39 is 0 Å². The lowest BCUT2D eigenvalue weighted by atomic mass is 9.99. The summed E-state index contributed by atoms with van der Waals surface area (Å²) in [6.45, 7) is 5.21. The standard InChI is InChI=1S/C13H17N3/c1-10-3-2-4-11(9-10)12-5-6-14-13-15-7-8-16(12)13/h2-4,9,12H,5-8H2,1H3,(H,14,15). The molecule has 1 aromatic rings. The van der Waals surface area contributed by atoms with Gasteiger partial charge < -0.3 is 10.2 Å². The molecule has 3 heteroatoms. The minimum absolute atomic E-state index is 0.516. The van der Waals surface area contributed by atoms with E-state index in [4.69, 9.17) is 0 Å². The average Bonchev–Trinajstić information content (AvgIpc) is 2.76. The summed E-state index contributed by atoms with van der Waals surface area (Å²) >= 11 is 0. The van der Waals surface area contributed by atoms with Crippen LogP contribution in [0.5, 0.6) is 0 Å². The van der Waals surface area contributed by atoms with Gasteiger partial charge in [-0.15, -0.1) is 0 Å². The molecule has 2 aliphatic rings. The first-order valence-electron chi connectivity index (χ1n) is 5.96. The Morgan fingerprint density at radius 2 is 2.38 bits per heavy atom. The van der Waals surface area contributed by atoms with Crippen molar-refractivity contribution >= 4 is 5.96 Å². The minimum atomic E-state index is 0.516. The van der Waals surface area contributed by atoms with Crippen LogP contribution in [-0.4, -0.2) is 30.5 Å². The van der Waals surface area contributed by atoms with Gasteiger partial charge in [0.25, 0.3) is 0 Å². The van der Waals surface area contributed by atoms with Crippen LogP contribution in [0.4, 0.5) is 0 Å². The number of hydrogen-bond donors (Lipinski definition) is 1. The van der Waals surface area contributed by atoms with E-state index in [9.17, 15) is 0 Å². The number of aliphatic imine (C=N–C) groups is 1. The van der Waals surface area contributed by atoms with Gasteiger partial charge in [-0.05, 0) is 18.9 Å². The molecule has 0 radical (unpaired) electrons. The maximum Gasteiger partial charge on any atom is 0.194 e. The van der Waals surface area contributed by atoms with Gasteiger partial charge in [0.05, 0.1) is 6.04 Å². The van der Waals surface area contributed by atoms with E-state index >= 15 is 0 Å². The number of fused-ring (bicyclic) bond motifs is 1. The lowest BCUT2D eigenvalue weighted by Crippen LogP contribution is -2.37. The molecule has 1 atom stereocenters. The number of benzene rings is 1. The molecule has 3 nitrogen and oxygen atoms in total. The third-order valence-corrected chi connectivity index (χ3v) is 3.38. The molecule has 1 saturated heterocycles. The molecule has 0 spiro atoms. The summed E-state index contributed by atoms with van der Waals surface area (Å²) in [5, 5.41) is 3.35. The van der Waals surface area contributed by atoms with Gasteiger partial charge in [-0.2, -0.15) is 0 Å². The van der Waals surface area contributed by atoms with Crippen LogP contribution in [0.25, 0.3) is 0 Å². The molecule has 1 aromatic carbocycles. The molecule has 2 aliphatic heterocycles. The SMILES string of the molecule is Cc1cccc(C2CCN=C3NCCN32)c1.